The molecule has 4 heteroatoms. The van der Waals surface area contributed by atoms with Gasteiger partial charge in [-0.05, 0) is 60.8 Å². The maximum Gasteiger partial charge on any atom is 0.321 e. The van der Waals surface area contributed by atoms with Crippen molar-refractivity contribution in [1.82, 2.24) is 4.90 Å². The van der Waals surface area contributed by atoms with Crippen molar-refractivity contribution in [2.75, 3.05) is 18.4 Å². The van der Waals surface area contributed by atoms with Crippen molar-refractivity contribution in [3.8, 4) is 0 Å². The quantitative estimate of drug-likeness (QED) is 0.901. The number of amides is 2. The largest absolute Gasteiger partial charge is 0.325 e. The van der Waals surface area contributed by atoms with Crippen LogP contribution in [0.3, 0.4) is 0 Å². The van der Waals surface area contributed by atoms with Crippen LogP contribution in [-0.2, 0) is 0 Å². The molecule has 0 fully saturated rings. The van der Waals surface area contributed by atoms with Gasteiger partial charge in [0.05, 0.1) is 5.69 Å². The standard InChI is InChI=1S/C13H19BrN2O/c1-5-16(6-2)13(17)15-12-10(4)7-9(3)8-11(12)14/h7-8H,5-6H2,1-4H3,(H,15,17). The molecule has 3 nitrogen and oxygen atoms in total. The molecule has 0 spiro atoms. The molecule has 1 N–H and O–H groups in total. The Kier molecular flexibility index (Phi) is 5.00. The van der Waals surface area contributed by atoms with Crippen LogP contribution in [0.4, 0.5) is 10.5 Å². The first-order valence-electron chi connectivity index (χ1n) is 5.82. The van der Waals surface area contributed by atoms with Gasteiger partial charge in [0.2, 0.25) is 0 Å². The number of hydrogen-bond acceptors (Lipinski definition) is 1. The van der Waals surface area contributed by atoms with Gasteiger partial charge in [0, 0.05) is 17.6 Å². The van der Waals surface area contributed by atoms with E-state index in [0.29, 0.717) is 13.1 Å². The average molecular weight is 299 g/mol. The van der Waals surface area contributed by atoms with Gasteiger partial charge >= 0.3 is 6.03 Å². The Labute approximate surface area is 111 Å². The molecular weight excluding hydrogens is 280 g/mol. The minimum Gasteiger partial charge on any atom is -0.325 e. The fraction of sp³-hybridized carbons (Fsp3) is 0.462. The molecule has 0 unspecified atom stereocenters. The smallest absolute Gasteiger partial charge is 0.321 e. The van der Waals surface area contributed by atoms with Crippen LogP contribution < -0.4 is 5.32 Å². The second-order valence-electron chi connectivity index (χ2n) is 4.04. The van der Waals surface area contributed by atoms with Crippen LogP contribution in [0.5, 0.6) is 0 Å². The molecule has 1 aromatic rings. The van der Waals surface area contributed by atoms with Crippen molar-refractivity contribution < 1.29 is 4.79 Å². The van der Waals surface area contributed by atoms with Crippen LogP contribution in [0, 0.1) is 13.8 Å². The van der Waals surface area contributed by atoms with E-state index in [1.807, 2.05) is 33.8 Å². The minimum absolute atomic E-state index is 0.0531. The van der Waals surface area contributed by atoms with Gasteiger partial charge in [-0.2, -0.15) is 0 Å². The summed E-state index contributed by atoms with van der Waals surface area (Å²) in [5.41, 5.74) is 3.10. The molecular formula is C13H19BrN2O. The third-order valence-corrected chi connectivity index (χ3v) is 3.34. The summed E-state index contributed by atoms with van der Waals surface area (Å²) >= 11 is 3.49. The van der Waals surface area contributed by atoms with Gasteiger partial charge in [-0.25, -0.2) is 4.79 Å². The van der Waals surface area contributed by atoms with Gasteiger partial charge in [0.25, 0.3) is 0 Å². The summed E-state index contributed by atoms with van der Waals surface area (Å²) in [6, 6.07) is 4.01. The van der Waals surface area contributed by atoms with Crippen molar-refractivity contribution in [2.24, 2.45) is 0 Å². The number of carbonyl (C=O) groups excluding carboxylic acids is 1. The lowest BCUT2D eigenvalue weighted by Gasteiger charge is -2.20. The number of nitrogens with zero attached hydrogens (tertiary/aromatic N) is 1. The maximum atomic E-state index is 12.0. The monoisotopic (exact) mass is 298 g/mol. The molecule has 0 atom stereocenters. The summed E-state index contributed by atoms with van der Waals surface area (Å²) in [4.78, 5) is 13.7. The summed E-state index contributed by atoms with van der Waals surface area (Å²) in [6.45, 7) is 9.40. The first-order valence-corrected chi connectivity index (χ1v) is 6.61. The highest BCUT2D eigenvalue weighted by atomic mass is 79.9. The van der Waals surface area contributed by atoms with Gasteiger partial charge in [-0.1, -0.05) is 6.07 Å². The third kappa shape index (κ3) is 3.46. The van der Waals surface area contributed by atoms with Crippen LogP contribution in [0.15, 0.2) is 16.6 Å². The predicted octanol–water partition coefficient (Wildman–Crippen LogP) is 3.94. The average Bonchev–Trinajstić information content (AvgIpc) is 2.25. The van der Waals surface area contributed by atoms with Gasteiger partial charge in [-0.15, -0.1) is 0 Å². The fourth-order valence-electron chi connectivity index (χ4n) is 1.77. The van der Waals surface area contributed by atoms with E-state index >= 15 is 0 Å². The van der Waals surface area contributed by atoms with E-state index in [1.165, 1.54) is 5.56 Å². The van der Waals surface area contributed by atoms with E-state index in [1.54, 1.807) is 4.90 Å². The van der Waals surface area contributed by atoms with E-state index in [9.17, 15) is 4.79 Å². The SMILES string of the molecule is CCN(CC)C(=O)Nc1c(C)cc(C)cc1Br. The Morgan fingerprint density at radius 1 is 1.29 bits per heavy atom. The van der Waals surface area contributed by atoms with Crippen LogP contribution in [0.1, 0.15) is 25.0 Å². The molecule has 0 aromatic heterocycles. The van der Waals surface area contributed by atoms with E-state index in [2.05, 4.69) is 27.3 Å². The lowest BCUT2D eigenvalue weighted by Crippen LogP contribution is -2.34. The molecule has 0 aliphatic carbocycles. The van der Waals surface area contributed by atoms with Gasteiger partial charge < -0.3 is 10.2 Å². The van der Waals surface area contributed by atoms with Crippen molar-refractivity contribution >= 4 is 27.6 Å². The zero-order chi connectivity index (χ0) is 13.0. The molecule has 0 saturated heterocycles. The molecule has 94 valence electrons. The fourth-order valence-corrected chi connectivity index (χ4v) is 2.54. The zero-order valence-electron chi connectivity index (χ0n) is 10.8. The number of anilines is 1. The topological polar surface area (TPSA) is 32.3 Å². The Hall–Kier alpha value is -1.03. The summed E-state index contributed by atoms with van der Waals surface area (Å²) < 4.78 is 0.926. The second kappa shape index (κ2) is 6.05. The highest BCUT2D eigenvalue weighted by Crippen LogP contribution is 2.27. The number of hydrogen-bond donors (Lipinski definition) is 1. The second-order valence-corrected chi connectivity index (χ2v) is 4.90. The van der Waals surface area contributed by atoms with Gasteiger partial charge in [0.15, 0.2) is 0 Å². The van der Waals surface area contributed by atoms with E-state index < -0.39 is 0 Å². The number of urea groups is 1. The molecule has 0 radical (unpaired) electrons. The Morgan fingerprint density at radius 2 is 1.88 bits per heavy atom. The van der Waals surface area contributed by atoms with Crippen LogP contribution >= 0.6 is 15.9 Å². The highest BCUT2D eigenvalue weighted by molar-refractivity contribution is 9.10. The van der Waals surface area contributed by atoms with Crippen LogP contribution in [0.2, 0.25) is 0 Å². The highest BCUT2D eigenvalue weighted by Gasteiger charge is 2.13. The van der Waals surface area contributed by atoms with Gasteiger partial charge in [-0.3, -0.25) is 0 Å². The number of rotatable bonds is 3. The minimum atomic E-state index is -0.0531. The molecule has 0 saturated carbocycles. The predicted molar refractivity (Wildman–Crippen MR) is 75.6 cm³/mol. The molecule has 0 aliphatic rings. The Balaban J connectivity index is 2.92. The van der Waals surface area contributed by atoms with Crippen molar-refractivity contribution in [2.45, 2.75) is 27.7 Å². The lowest BCUT2D eigenvalue weighted by atomic mass is 10.1. The zero-order valence-corrected chi connectivity index (χ0v) is 12.4. The number of nitrogens with one attached hydrogen (secondary N) is 1. The molecule has 2 amide bonds. The van der Waals surface area contributed by atoms with E-state index in [4.69, 9.17) is 0 Å². The number of carbonyl (C=O) groups is 1. The first kappa shape index (κ1) is 14.0. The summed E-state index contributed by atoms with van der Waals surface area (Å²) in [5, 5.41) is 2.95. The number of benzene rings is 1. The Bertz CT molecular complexity index is 391. The van der Waals surface area contributed by atoms with E-state index in [0.717, 1.165) is 15.7 Å². The molecule has 0 aliphatic heterocycles. The van der Waals surface area contributed by atoms with Gasteiger partial charge in [0.1, 0.15) is 0 Å². The van der Waals surface area contributed by atoms with Crippen LogP contribution in [0.25, 0.3) is 0 Å². The van der Waals surface area contributed by atoms with Crippen molar-refractivity contribution in [1.29, 1.82) is 0 Å². The van der Waals surface area contributed by atoms with Crippen LogP contribution in [-0.4, -0.2) is 24.0 Å². The lowest BCUT2D eigenvalue weighted by molar-refractivity contribution is 0.217. The van der Waals surface area contributed by atoms with Crippen molar-refractivity contribution in [3.05, 3.63) is 27.7 Å². The normalized spacial score (nSPS) is 10.2. The summed E-state index contributed by atoms with van der Waals surface area (Å²) in [7, 11) is 0. The van der Waals surface area contributed by atoms with E-state index in [-0.39, 0.29) is 6.03 Å². The third-order valence-electron chi connectivity index (χ3n) is 2.71. The molecule has 1 aromatic carbocycles. The maximum absolute atomic E-state index is 12.0. The number of aryl methyl sites for hydroxylation is 2. The Morgan fingerprint density at radius 3 is 2.35 bits per heavy atom. The molecule has 0 heterocycles. The molecule has 1 rings (SSSR count). The van der Waals surface area contributed by atoms with Crippen molar-refractivity contribution in [3.63, 3.8) is 0 Å². The molecule has 0 bridgehead atoms. The number of halogens is 1. The summed E-state index contributed by atoms with van der Waals surface area (Å²) in [6.07, 6.45) is 0. The summed E-state index contributed by atoms with van der Waals surface area (Å²) in [5.74, 6) is 0. The molecule has 17 heavy (non-hydrogen) atoms. The first-order chi connectivity index (χ1) is 7.99.